The maximum Gasteiger partial charge on any atom is 0.257 e. The van der Waals surface area contributed by atoms with Crippen molar-refractivity contribution >= 4 is 5.91 Å². The van der Waals surface area contributed by atoms with Crippen molar-refractivity contribution in [3.63, 3.8) is 0 Å². The number of nitriles is 1. The second-order valence-corrected chi connectivity index (χ2v) is 6.90. The predicted octanol–water partition coefficient (Wildman–Crippen LogP) is 3.52. The molecule has 7 nitrogen and oxygen atoms in total. The average molecular weight is 388 g/mol. The Labute approximate surface area is 168 Å². The lowest BCUT2D eigenvalue weighted by molar-refractivity contribution is -0.128. The summed E-state index contributed by atoms with van der Waals surface area (Å²) < 4.78 is 10.8. The fourth-order valence-corrected chi connectivity index (χ4v) is 3.42. The van der Waals surface area contributed by atoms with E-state index < -0.39 is 0 Å². The van der Waals surface area contributed by atoms with Crippen LogP contribution in [0.25, 0.3) is 11.5 Å². The summed E-state index contributed by atoms with van der Waals surface area (Å²) in [5.41, 5.74) is 2.27. The van der Waals surface area contributed by atoms with Crippen LogP contribution in [-0.4, -0.2) is 34.1 Å². The third-order valence-corrected chi connectivity index (χ3v) is 4.87. The van der Waals surface area contributed by atoms with Crippen LogP contribution >= 0.6 is 0 Å². The van der Waals surface area contributed by atoms with Gasteiger partial charge in [-0.3, -0.25) is 4.79 Å². The fraction of sp³-hybridized carbons (Fsp3) is 0.273. The third kappa shape index (κ3) is 4.11. The molecule has 1 fully saturated rings. The number of carbonyl (C=O) groups excluding carboxylic acids is 1. The summed E-state index contributed by atoms with van der Waals surface area (Å²) in [4.78, 5) is 18.7. The molecule has 0 spiro atoms. The Kier molecular flexibility index (Phi) is 5.25. The first-order valence-corrected chi connectivity index (χ1v) is 9.50. The van der Waals surface area contributed by atoms with Crippen molar-refractivity contribution in [3.8, 4) is 23.3 Å². The maximum atomic E-state index is 12.5. The lowest BCUT2D eigenvalue weighted by atomic mass is 10.1. The summed E-state index contributed by atoms with van der Waals surface area (Å²) in [5, 5.41) is 13.1. The van der Waals surface area contributed by atoms with E-state index in [1.807, 2.05) is 42.2 Å². The molecule has 1 unspecified atom stereocenters. The second-order valence-electron chi connectivity index (χ2n) is 6.90. The van der Waals surface area contributed by atoms with Gasteiger partial charge in [-0.15, -0.1) is 0 Å². The number of rotatable bonds is 6. The number of likely N-dealkylation sites (tertiary alicyclic amines) is 1. The molecule has 0 radical (unpaired) electrons. The van der Waals surface area contributed by atoms with Crippen molar-refractivity contribution < 1.29 is 14.1 Å². The molecule has 2 aromatic carbocycles. The van der Waals surface area contributed by atoms with Gasteiger partial charge in [0.2, 0.25) is 5.91 Å². The highest BCUT2D eigenvalue weighted by atomic mass is 16.5. The second kappa shape index (κ2) is 8.15. The van der Waals surface area contributed by atoms with Crippen LogP contribution in [0.15, 0.2) is 53.1 Å². The molecule has 146 valence electrons. The van der Waals surface area contributed by atoms with E-state index in [4.69, 9.17) is 14.5 Å². The quantitative estimate of drug-likeness (QED) is 0.641. The summed E-state index contributed by atoms with van der Waals surface area (Å²) in [6, 6.07) is 16.9. The van der Waals surface area contributed by atoms with Crippen molar-refractivity contribution in [2.24, 2.45) is 0 Å². The number of benzene rings is 2. The first-order chi connectivity index (χ1) is 14.2. The summed E-state index contributed by atoms with van der Waals surface area (Å²) >= 11 is 0. The van der Waals surface area contributed by atoms with Gasteiger partial charge < -0.3 is 14.2 Å². The number of aromatic nitrogens is 2. The molecule has 1 aliphatic heterocycles. The highest BCUT2D eigenvalue weighted by Crippen LogP contribution is 2.29. The van der Waals surface area contributed by atoms with Crippen molar-refractivity contribution in [1.29, 1.82) is 5.26 Å². The smallest absolute Gasteiger partial charge is 0.257 e. The molecule has 7 heteroatoms. The lowest BCUT2D eigenvalue weighted by Gasteiger charge is -2.16. The van der Waals surface area contributed by atoms with Crippen LogP contribution in [-0.2, 0) is 11.3 Å². The zero-order chi connectivity index (χ0) is 20.2. The van der Waals surface area contributed by atoms with Crippen molar-refractivity contribution in [2.45, 2.75) is 25.8 Å². The van der Waals surface area contributed by atoms with Crippen LogP contribution in [0.4, 0.5) is 0 Å². The number of amides is 1. The maximum absolute atomic E-state index is 12.5. The zero-order valence-electron chi connectivity index (χ0n) is 16.0. The van der Waals surface area contributed by atoms with E-state index in [-0.39, 0.29) is 11.8 Å². The molecule has 0 aliphatic carbocycles. The Bertz CT molecular complexity index is 1050. The minimum Gasteiger partial charge on any atom is -0.494 e. The zero-order valence-corrected chi connectivity index (χ0v) is 16.0. The van der Waals surface area contributed by atoms with Gasteiger partial charge in [-0.2, -0.15) is 10.2 Å². The first kappa shape index (κ1) is 18.7. The largest absolute Gasteiger partial charge is 0.494 e. The van der Waals surface area contributed by atoms with Gasteiger partial charge in [0.25, 0.3) is 5.89 Å². The van der Waals surface area contributed by atoms with E-state index in [0.717, 1.165) is 11.3 Å². The summed E-state index contributed by atoms with van der Waals surface area (Å²) in [6.07, 6.45) is 0.355. The van der Waals surface area contributed by atoms with Gasteiger partial charge >= 0.3 is 0 Å². The van der Waals surface area contributed by atoms with E-state index in [0.29, 0.717) is 49.0 Å². The molecular formula is C22H20N4O3. The van der Waals surface area contributed by atoms with Crippen LogP contribution in [0, 0.1) is 11.3 Å². The minimum absolute atomic E-state index is 0.0710. The minimum atomic E-state index is -0.109. The van der Waals surface area contributed by atoms with E-state index >= 15 is 0 Å². The number of nitrogens with zero attached hydrogens (tertiary/aromatic N) is 4. The lowest BCUT2D eigenvalue weighted by Crippen LogP contribution is -2.24. The van der Waals surface area contributed by atoms with Crippen LogP contribution in [0.5, 0.6) is 5.75 Å². The summed E-state index contributed by atoms with van der Waals surface area (Å²) in [7, 11) is 0. The number of ether oxygens (including phenoxy) is 1. The van der Waals surface area contributed by atoms with E-state index in [1.165, 1.54) is 0 Å². The number of hydrogen-bond donors (Lipinski definition) is 0. The highest BCUT2D eigenvalue weighted by Gasteiger charge is 2.33. The van der Waals surface area contributed by atoms with Gasteiger partial charge in [0.15, 0.2) is 5.82 Å². The number of carbonyl (C=O) groups is 1. The Morgan fingerprint density at radius 3 is 2.86 bits per heavy atom. The molecule has 2 heterocycles. The molecular weight excluding hydrogens is 368 g/mol. The Hall–Kier alpha value is -3.66. The van der Waals surface area contributed by atoms with Crippen molar-refractivity contribution in [1.82, 2.24) is 15.0 Å². The number of hydrogen-bond acceptors (Lipinski definition) is 6. The molecule has 0 N–H and O–H groups in total. The van der Waals surface area contributed by atoms with Crippen LogP contribution < -0.4 is 4.74 Å². The third-order valence-electron chi connectivity index (χ3n) is 4.87. The topological polar surface area (TPSA) is 92.2 Å². The van der Waals surface area contributed by atoms with E-state index in [2.05, 4.69) is 16.2 Å². The Morgan fingerprint density at radius 2 is 2.10 bits per heavy atom. The van der Waals surface area contributed by atoms with Crippen molar-refractivity contribution in [3.05, 3.63) is 65.5 Å². The SMILES string of the molecule is CCOc1ccc(CN2CC(c3noc(-c4cccc(C#N)c4)n3)CC2=O)cc1. The average Bonchev–Trinajstić information content (AvgIpc) is 3.37. The van der Waals surface area contributed by atoms with E-state index in [9.17, 15) is 4.79 Å². The Balaban J connectivity index is 1.44. The van der Waals surface area contributed by atoms with E-state index in [1.54, 1.807) is 18.2 Å². The summed E-state index contributed by atoms with van der Waals surface area (Å²) in [6.45, 7) is 3.65. The summed E-state index contributed by atoms with van der Waals surface area (Å²) in [5.74, 6) is 1.66. The molecule has 0 saturated carbocycles. The van der Waals surface area contributed by atoms with Gasteiger partial charge in [0, 0.05) is 31.0 Å². The molecule has 1 amide bonds. The van der Waals surface area contributed by atoms with Gasteiger partial charge in [0.1, 0.15) is 5.75 Å². The monoisotopic (exact) mass is 388 g/mol. The van der Waals surface area contributed by atoms with Gasteiger partial charge in [-0.25, -0.2) is 0 Å². The molecule has 1 aromatic heterocycles. The molecule has 1 atom stereocenters. The predicted molar refractivity (Wildman–Crippen MR) is 105 cm³/mol. The standard InChI is InChI=1S/C22H20N4O3/c1-2-28-19-8-6-15(7-9-19)13-26-14-18(11-20(26)27)21-24-22(29-25-21)17-5-3-4-16(10-17)12-23/h3-10,18H,2,11,13-14H2,1H3. The van der Waals surface area contributed by atoms with Gasteiger partial charge in [-0.1, -0.05) is 23.4 Å². The van der Waals surface area contributed by atoms with Crippen LogP contribution in [0.2, 0.25) is 0 Å². The van der Waals surface area contributed by atoms with Crippen LogP contribution in [0.1, 0.15) is 36.2 Å². The molecule has 29 heavy (non-hydrogen) atoms. The fourth-order valence-electron chi connectivity index (χ4n) is 3.42. The molecule has 0 bridgehead atoms. The Morgan fingerprint density at radius 1 is 1.28 bits per heavy atom. The molecule has 1 saturated heterocycles. The van der Waals surface area contributed by atoms with Crippen LogP contribution in [0.3, 0.4) is 0 Å². The molecule has 4 rings (SSSR count). The normalized spacial score (nSPS) is 16.1. The van der Waals surface area contributed by atoms with Gasteiger partial charge in [0.05, 0.1) is 18.2 Å². The molecule has 1 aliphatic rings. The molecule has 3 aromatic rings. The first-order valence-electron chi connectivity index (χ1n) is 9.50. The van der Waals surface area contributed by atoms with Crippen molar-refractivity contribution in [2.75, 3.05) is 13.2 Å². The van der Waals surface area contributed by atoms with Gasteiger partial charge in [-0.05, 0) is 42.8 Å². The highest BCUT2D eigenvalue weighted by molar-refractivity contribution is 5.79.